The average Bonchev–Trinajstić information content (AvgIpc) is 2.81. The molecule has 106 valence electrons. The van der Waals surface area contributed by atoms with Gasteiger partial charge < -0.3 is 0 Å². The Bertz CT molecular complexity index is 622. The molecule has 0 spiro atoms. The first-order valence-electron chi connectivity index (χ1n) is 6.79. The van der Waals surface area contributed by atoms with Crippen LogP contribution < -0.4 is 5.56 Å². The predicted molar refractivity (Wildman–Crippen MR) is 87.5 cm³/mol. The van der Waals surface area contributed by atoms with Crippen molar-refractivity contribution in [2.45, 2.75) is 27.2 Å². The number of hydrogen-bond donors (Lipinski definition) is 2. The maximum atomic E-state index is 12.1. The third-order valence-corrected chi connectivity index (χ3v) is 2.85. The van der Waals surface area contributed by atoms with E-state index >= 15 is 0 Å². The Hall–Kier alpha value is -2.29. The molecular weight excluding hydrogens is 248 g/mol. The van der Waals surface area contributed by atoms with Crippen LogP contribution in [-0.4, -0.2) is 10.2 Å². The van der Waals surface area contributed by atoms with Gasteiger partial charge in [0.15, 0.2) is 0 Å². The monoisotopic (exact) mass is 270 g/mol. The molecule has 0 atom stereocenters. The predicted octanol–water partition coefficient (Wildman–Crippen LogP) is 4.22. The van der Waals surface area contributed by atoms with Crippen LogP contribution in [0.15, 0.2) is 53.9 Å². The van der Waals surface area contributed by atoms with Crippen molar-refractivity contribution in [3.63, 3.8) is 0 Å². The first-order valence-corrected chi connectivity index (χ1v) is 6.79. The number of rotatable bonds is 6. The van der Waals surface area contributed by atoms with Crippen molar-refractivity contribution in [2.24, 2.45) is 0 Å². The van der Waals surface area contributed by atoms with Crippen LogP contribution in [-0.2, 0) is 0 Å². The first-order chi connectivity index (χ1) is 9.69. The van der Waals surface area contributed by atoms with E-state index in [1.54, 1.807) is 6.08 Å². The molecule has 0 fully saturated rings. The van der Waals surface area contributed by atoms with E-state index in [9.17, 15) is 4.79 Å². The topological polar surface area (TPSA) is 48.6 Å². The smallest absolute Gasteiger partial charge is 0.272 e. The van der Waals surface area contributed by atoms with Crippen molar-refractivity contribution < 1.29 is 0 Å². The highest BCUT2D eigenvalue weighted by Crippen LogP contribution is 2.23. The summed E-state index contributed by atoms with van der Waals surface area (Å²) in [6.45, 7) is 9.60. The quantitative estimate of drug-likeness (QED) is 0.747. The van der Waals surface area contributed by atoms with Gasteiger partial charge in [0.05, 0.1) is 11.3 Å². The molecule has 1 aromatic heterocycles. The minimum Gasteiger partial charge on any atom is -0.297 e. The molecule has 1 aromatic rings. The van der Waals surface area contributed by atoms with Gasteiger partial charge in [-0.05, 0) is 31.4 Å². The highest BCUT2D eigenvalue weighted by Gasteiger charge is 2.14. The fourth-order valence-electron chi connectivity index (χ4n) is 2.00. The Morgan fingerprint density at radius 2 is 1.95 bits per heavy atom. The van der Waals surface area contributed by atoms with Crippen LogP contribution in [0.2, 0.25) is 0 Å². The van der Waals surface area contributed by atoms with E-state index in [0.29, 0.717) is 5.56 Å². The second kappa shape index (κ2) is 8.00. The highest BCUT2D eigenvalue weighted by molar-refractivity contribution is 5.84. The van der Waals surface area contributed by atoms with Gasteiger partial charge in [-0.3, -0.25) is 15.0 Å². The summed E-state index contributed by atoms with van der Waals surface area (Å²) in [6.07, 6.45) is 14.3. The number of H-pyrrole nitrogens is 2. The minimum atomic E-state index is -0.107. The van der Waals surface area contributed by atoms with Crippen LogP contribution >= 0.6 is 0 Å². The van der Waals surface area contributed by atoms with Gasteiger partial charge in [0.1, 0.15) is 0 Å². The van der Waals surface area contributed by atoms with E-state index < -0.39 is 0 Å². The summed E-state index contributed by atoms with van der Waals surface area (Å²) >= 11 is 0. The van der Waals surface area contributed by atoms with Gasteiger partial charge in [0.25, 0.3) is 5.56 Å². The van der Waals surface area contributed by atoms with Crippen molar-refractivity contribution in [3.8, 4) is 0 Å². The zero-order valence-corrected chi connectivity index (χ0v) is 12.4. The maximum Gasteiger partial charge on any atom is 0.272 e. The second-order valence-electron chi connectivity index (χ2n) is 4.24. The second-order valence-corrected chi connectivity index (χ2v) is 4.24. The minimum absolute atomic E-state index is 0.107. The Labute approximate surface area is 120 Å². The molecule has 0 amide bonds. The number of aromatic nitrogens is 2. The fraction of sp³-hybridized carbons (Fsp3) is 0.235. The third kappa shape index (κ3) is 3.60. The van der Waals surface area contributed by atoms with Crippen LogP contribution in [0.1, 0.15) is 38.4 Å². The molecule has 1 heterocycles. The summed E-state index contributed by atoms with van der Waals surface area (Å²) in [7, 11) is 0. The van der Waals surface area contributed by atoms with Crippen LogP contribution in [0.3, 0.4) is 0 Å². The molecular formula is C17H22N2O. The molecule has 0 saturated heterocycles. The zero-order valence-electron chi connectivity index (χ0n) is 12.4. The first kappa shape index (κ1) is 15.8. The van der Waals surface area contributed by atoms with Gasteiger partial charge >= 0.3 is 0 Å². The van der Waals surface area contributed by atoms with Gasteiger partial charge in [-0.25, -0.2) is 0 Å². The average molecular weight is 270 g/mol. The standard InChI is InChI=1S/C17H22N2O/c1-5-9-12-13(8-4)16-15(17(20)19-18-16)14(10-6-2)11-7-3/h5-6,8-12H,1,7H2,2-4H3,(H2,18,19,20)/b10-6-,12-9-,13-8+,14-11+. The summed E-state index contributed by atoms with van der Waals surface area (Å²) in [5.74, 6) is 0. The SMILES string of the molecule is C=C/C=C\C(=C/C)c1[nH][nH]c(=O)c1C(/C=C\C)=C/CC. The normalized spacial score (nSPS) is 13.6. The van der Waals surface area contributed by atoms with Gasteiger partial charge in [0.2, 0.25) is 0 Å². The maximum absolute atomic E-state index is 12.1. The van der Waals surface area contributed by atoms with Gasteiger partial charge in [-0.15, -0.1) is 0 Å². The Morgan fingerprint density at radius 1 is 1.20 bits per heavy atom. The molecule has 0 aromatic carbocycles. The summed E-state index contributed by atoms with van der Waals surface area (Å²) in [5, 5.41) is 5.64. The zero-order chi connectivity index (χ0) is 15.0. The molecule has 0 saturated carbocycles. The van der Waals surface area contributed by atoms with Crippen molar-refractivity contribution >= 4 is 11.1 Å². The summed E-state index contributed by atoms with van der Waals surface area (Å²) in [5.41, 5.74) is 3.24. The molecule has 3 heteroatoms. The number of aromatic amines is 2. The molecule has 0 radical (unpaired) electrons. The van der Waals surface area contributed by atoms with Gasteiger partial charge in [0, 0.05) is 0 Å². The lowest BCUT2D eigenvalue weighted by molar-refractivity contribution is 1.04. The van der Waals surface area contributed by atoms with Crippen molar-refractivity contribution in [1.29, 1.82) is 0 Å². The molecule has 20 heavy (non-hydrogen) atoms. The van der Waals surface area contributed by atoms with E-state index in [0.717, 1.165) is 23.3 Å². The molecule has 0 aliphatic carbocycles. The lowest BCUT2D eigenvalue weighted by atomic mass is 10.00. The van der Waals surface area contributed by atoms with Crippen molar-refractivity contribution in [1.82, 2.24) is 10.2 Å². The third-order valence-electron chi connectivity index (χ3n) is 2.85. The Balaban J connectivity index is 3.45. The van der Waals surface area contributed by atoms with E-state index in [2.05, 4.69) is 23.7 Å². The lowest BCUT2D eigenvalue weighted by Gasteiger charge is -2.04. The van der Waals surface area contributed by atoms with Crippen LogP contribution in [0.4, 0.5) is 0 Å². The molecule has 0 unspecified atom stereocenters. The molecule has 2 N–H and O–H groups in total. The molecule has 1 rings (SSSR count). The van der Waals surface area contributed by atoms with Gasteiger partial charge in [-0.2, -0.15) is 0 Å². The number of nitrogens with one attached hydrogen (secondary N) is 2. The van der Waals surface area contributed by atoms with E-state index in [4.69, 9.17) is 0 Å². The van der Waals surface area contributed by atoms with Gasteiger partial charge in [-0.1, -0.05) is 56.0 Å². The lowest BCUT2D eigenvalue weighted by Crippen LogP contribution is -2.05. The van der Waals surface area contributed by atoms with E-state index in [-0.39, 0.29) is 5.56 Å². The highest BCUT2D eigenvalue weighted by atomic mass is 16.1. The Kier molecular flexibility index (Phi) is 6.30. The fourth-order valence-corrected chi connectivity index (χ4v) is 2.00. The van der Waals surface area contributed by atoms with E-state index in [1.807, 2.05) is 50.3 Å². The number of hydrogen-bond acceptors (Lipinski definition) is 1. The van der Waals surface area contributed by atoms with Crippen molar-refractivity contribution in [3.05, 3.63) is 70.7 Å². The summed E-state index contributed by atoms with van der Waals surface area (Å²) in [6, 6.07) is 0. The summed E-state index contributed by atoms with van der Waals surface area (Å²) < 4.78 is 0. The molecule has 0 bridgehead atoms. The molecule has 3 nitrogen and oxygen atoms in total. The summed E-state index contributed by atoms with van der Waals surface area (Å²) in [4.78, 5) is 12.1. The molecule has 0 aliphatic rings. The van der Waals surface area contributed by atoms with Crippen LogP contribution in [0.5, 0.6) is 0 Å². The van der Waals surface area contributed by atoms with Crippen LogP contribution in [0, 0.1) is 0 Å². The Morgan fingerprint density at radius 3 is 2.50 bits per heavy atom. The van der Waals surface area contributed by atoms with E-state index in [1.165, 1.54) is 0 Å². The largest absolute Gasteiger partial charge is 0.297 e. The van der Waals surface area contributed by atoms with Crippen molar-refractivity contribution in [2.75, 3.05) is 0 Å². The number of allylic oxidation sites excluding steroid dienone is 9. The molecule has 0 aliphatic heterocycles. The van der Waals surface area contributed by atoms with Crippen LogP contribution in [0.25, 0.3) is 11.1 Å².